The van der Waals surface area contributed by atoms with Crippen LogP contribution in [-0.4, -0.2) is 66.5 Å². The fraction of sp³-hybridized carbons (Fsp3) is 0.727. The molecular formula is C11H22N4O. The fourth-order valence-electron chi connectivity index (χ4n) is 1.88. The standard InChI is InChI=1S/C11H22N4O/c1-10(9-16)15-4-2-14(3-5-15)8-11(6-12)7-13/h6-7,10,12,16H,2-5,8-9,13H2,1H3/b11-7+,12-6?. The van der Waals surface area contributed by atoms with Crippen LogP contribution in [0.1, 0.15) is 6.92 Å². The fourth-order valence-corrected chi connectivity index (χ4v) is 1.88. The highest BCUT2D eigenvalue weighted by Gasteiger charge is 2.20. The van der Waals surface area contributed by atoms with Crippen molar-refractivity contribution in [2.24, 2.45) is 5.73 Å². The van der Waals surface area contributed by atoms with E-state index < -0.39 is 0 Å². The average Bonchev–Trinajstić information content (AvgIpc) is 2.35. The smallest absolute Gasteiger partial charge is 0.0584 e. The lowest BCUT2D eigenvalue weighted by Gasteiger charge is -2.37. The van der Waals surface area contributed by atoms with Gasteiger partial charge in [0.05, 0.1) is 6.61 Å². The Balaban J connectivity index is 2.34. The van der Waals surface area contributed by atoms with Crippen LogP contribution in [0, 0.1) is 5.41 Å². The highest BCUT2D eigenvalue weighted by Crippen LogP contribution is 2.07. The first-order valence-corrected chi connectivity index (χ1v) is 5.69. The number of hydrogen-bond acceptors (Lipinski definition) is 5. The van der Waals surface area contributed by atoms with E-state index in [1.165, 1.54) is 12.4 Å². The number of aliphatic hydroxyl groups excluding tert-OH is 1. The van der Waals surface area contributed by atoms with Crippen molar-refractivity contribution in [1.82, 2.24) is 9.80 Å². The molecule has 1 saturated heterocycles. The van der Waals surface area contributed by atoms with E-state index >= 15 is 0 Å². The second-order valence-corrected chi connectivity index (χ2v) is 4.23. The molecule has 1 aliphatic heterocycles. The summed E-state index contributed by atoms with van der Waals surface area (Å²) in [5.41, 5.74) is 6.26. The van der Waals surface area contributed by atoms with E-state index in [0.717, 1.165) is 38.3 Å². The van der Waals surface area contributed by atoms with E-state index in [1.807, 2.05) is 6.92 Å². The van der Waals surface area contributed by atoms with Crippen molar-refractivity contribution >= 4 is 6.21 Å². The van der Waals surface area contributed by atoms with Crippen LogP contribution in [0.15, 0.2) is 11.8 Å². The summed E-state index contributed by atoms with van der Waals surface area (Å²) in [7, 11) is 0. The minimum Gasteiger partial charge on any atom is -0.404 e. The molecule has 0 saturated carbocycles. The molecule has 0 radical (unpaired) electrons. The summed E-state index contributed by atoms with van der Waals surface area (Å²) >= 11 is 0. The Hall–Kier alpha value is -0.910. The van der Waals surface area contributed by atoms with Crippen LogP contribution in [0.2, 0.25) is 0 Å². The zero-order valence-corrected chi connectivity index (χ0v) is 9.89. The Morgan fingerprint density at radius 1 is 1.44 bits per heavy atom. The predicted octanol–water partition coefficient (Wildman–Crippen LogP) is -0.523. The van der Waals surface area contributed by atoms with Gasteiger partial charge in [0, 0.05) is 45.0 Å². The molecule has 4 N–H and O–H groups in total. The molecule has 1 unspecified atom stereocenters. The Bertz CT molecular complexity index is 246. The molecule has 5 heteroatoms. The van der Waals surface area contributed by atoms with Gasteiger partial charge in [0.1, 0.15) is 0 Å². The third kappa shape index (κ3) is 3.59. The maximum absolute atomic E-state index is 9.06. The molecule has 92 valence electrons. The molecule has 0 spiro atoms. The molecule has 1 rings (SSSR count). The minimum atomic E-state index is 0.217. The van der Waals surface area contributed by atoms with Gasteiger partial charge in [0.15, 0.2) is 0 Å². The van der Waals surface area contributed by atoms with Gasteiger partial charge in [-0.25, -0.2) is 0 Å². The van der Waals surface area contributed by atoms with Crippen molar-refractivity contribution in [3.05, 3.63) is 11.8 Å². The maximum atomic E-state index is 9.06. The first kappa shape index (κ1) is 13.2. The van der Waals surface area contributed by atoms with Gasteiger partial charge in [0.2, 0.25) is 0 Å². The minimum absolute atomic E-state index is 0.217. The Morgan fingerprint density at radius 2 is 2.06 bits per heavy atom. The number of piperazine rings is 1. The molecule has 0 bridgehead atoms. The summed E-state index contributed by atoms with van der Waals surface area (Å²) in [4.78, 5) is 4.57. The van der Waals surface area contributed by atoms with Crippen LogP contribution in [0.3, 0.4) is 0 Å². The molecular weight excluding hydrogens is 204 g/mol. The van der Waals surface area contributed by atoms with Crippen LogP contribution in [-0.2, 0) is 0 Å². The second kappa shape index (κ2) is 6.62. The highest BCUT2D eigenvalue weighted by atomic mass is 16.3. The van der Waals surface area contributed by atoms with Crippen molar-refractivity contribution in [1.29, 1.82) is 5.41 Å². The Labute approximate surface area is 97.0 Å². The monoisotopic (exact) mass is 226 g/mol. The first-order chi connectivity index (χ1) is 7.71. The summed E-state index contributed by atoms with van der Waals surface area (Å²) in [6.07, 6.45) is 2.80. The third-order valence-corrected chi connectivity index (χ3v) is 3.10. The highest BCUT2D eigenvalue weighted by molar-refractivity contribution is 5.75. The van der Waals surface area contributed by atoms with Crippen molar-refractivity contribution in [2.45, 2.75) is 13.0 Å². The Morgan fingerprint density at radius 3 is 2.50 bits per heavy atom. The lowest BCUT2D eigenvalue weighted by molar-refractivity contribution is 0.0777. The molecule has 0 aromatic heterocycles. The number of nitrogens with zero attached hydrogens (tertiary/aromatic N) is 2. The van der Waals surface area contributed by atoms with Gasteiger partial charge in [-0.3, -0.25) is 9.80 Å². The quantitative estimate of drug-likeness (QED) is 0.551. The summed E-state index contributed by atoms with van der Waals surface area (Å²) in [5, 5.41) is 16.2. The Kier molecular flexibility index (Phi) is 5.45. The lowest BCUT2D eigenvalue weighted by atomic mass is 10.2. The van der Waals surface area contributed by atoms with E-state index in [-0.39, 0.29) is 12.6 Å². The summed E-state index contributed by atoms with van der Waals surface area (Å²) in [6, 6.07) is 0.245. The van der Waals surface area contributed by atoms with E-state index in [1.54, 1.807) is 0 Å². The predicted molar refractivity (Wildman–Crippen MR) is 65.6 cm³/mol. The number of nitrogens with two attached hydrogens (primary N) is 1. The van der Waals surface area contributed by atoms with Crippen molar-refractivity contribution in [3.63, 3.8) is 0 Å². The van der Waals surface area contributed by atoms with E-state index in [2.05, 4.69) is 9.80 Å². The first-order valence-electron chi connectivity index (χ1n) is 5.69. The lowest BCUT2D eigenvalue weighted by Crippen LogP contribution is -2.50. The SMILES string of the molecule is CC(CO)N1CCN(C/C(C=N)=C/N)CC1. The van der Waals surface area contributed by atoms with Gasteiger partial charge >= 0.3 is 0 Å². The number of nitrogens with one attached hydrogen (secondary N) is 1. The molecule has 1 atom stereocenters. The largest absolute Gasteiger partial charge is 0.404 e. The summed E-state index contributed by atoms with van der Waals surface area (Å²) in [6.45, 7) is 6.88. The van der Waals surface area contributed by atoms with Crippen molar-refractivity contribution in [3.8, 4) is 0 Å². The zero-order valence-electron chi connectivity index (χ0n) is 9.89. The van der Waals surface area contributed by atoms with Gasteiger partial charge in [-0.1, -0.05) is 0 Å². The topological polar surface area (TPSA) is 76.6 Å². The van der Waals surface area contributed by atoms with Crippen LogP contribution in [0.4, 0.5) is 0 Å². The third-order valence-electron chi connectivity index (χ3n) is 3.10. The van der Waals surface area contributed by atoms with Gasteiger partial charge in [-0.15, -0.1) is 0 Å². The number of aliphatic hydroxyl groups is 1. The van der Waals surface area contributed by atoms with Gasteiger partial charge in [-0.05, 0) is 18.7 Å². The molecule has 0 amide bonds. The van der Waals surface area contributed by atoms with Gasteiger partial charge in [0.25, 0.3) is 0 Å². The van der Waals surface area contributed by atoms with E-state index in [4.69, 9.17) is 16.2 Å². The summed E-state index contributed by atoms with van der Waals surface area (Å²) < 4.78 is 0. The van der Waals surface area contributed by atoms with Crippen LogP contribution in [0.25, 0.3) is 0 Å². The van der Waals surface area contributed by atoms with Crippen LogP contribution in [0.5, 0.6) is 0 Å². The van der Waals surface area contributed by atoms with Crippen molar-refractivity contribution < 1.29 is 5.11 Å². The average molecular weight is 226 g/mol. The molecule has 0 aromatic carbocycles. The van der Waals surface area contributed by atoms with Crippen molar-refractivity contribution in [2.75, 3.05) is 39.3 Å². The summed E-state index contributed by atoms with van der Waals surface area (Å²) in [5.74, 6) is 0. The molecule has 1 heterocycles. The molecule has 16 heavy (non-hydrogen) atoms. The van der Waals surface area contributed by atoms with Crippen LogP contribution < -0.4 is 5.73 Å². The van der Waals surface area contributed by atoms with Gasteiger partial charge in [-0.2, -0.15) is 0 Å². The maximum Gasteiger partial charge on any atom is 0.0584 e. The van der Waals surface area contributed by atoms with Crippen LogP contribution >= 0.6 is 0 Å². The van der Waals surface area contributed by atoms with E-state index in [0.29, 0.717) is 0 Å². The molecule has 5 nitrogen and oxygen atoms in total. The zero-order chi connectivity index (χ0) is 12.0. The number of rotatable bonds is 5. The molecule has 0 aliphatic carbocycles. The van der Waals surface area contributed by atoms with Gasteiger partial charge < -0.3 is 16.2 Å². The molecule has 0 aromatic rings. The normalized spacial score (nSPS) is 22.0. The number of hydrogen-bond donors (Lipinski definition) is 3. The molecule has 1 fully saturated rings. The second-order valence-electron chi connectivity index (χ2n) is 4.23. The molecule has 1 aliphatic rings. The van der Waals surface area contributed by atoms with E-state index in [9.17, 15) is 0 Å².